The van der Waals surface area contributed by atoms with Gasteiger partial charge >= 0.3 is 12.1 Å². The quantitative estimate of drug-likeness (QED) is 0.311. The maximum absolute atomic E-state index is 12.8. The second-order valence-corrected chi connectivity index (χ2v) is 9.65. The average molecular weight is 539 g/mol. The number of alkyl halides is 2. The number of aryl methyl sites for hydroxylation is 2. The fourth-order valence-electron chi connectivity index (χ4n) is 3.71. The van der Waals surface area contributed by atoms with Gasteiger partial charge in [0.1, 0.15) is 23.5 Å². The molecule has 1 heterocycles. The zero-order chi connectivity index (χ0) is 27.5. The Morgan fingerprint density at radius 3 is 2.54 bits per heavy atom. The van der Waals surface area contributed by atoms with E-state index in [1.54, 1.807) is 57.5 Å². The lowest BCUT2D eigenvalue weighted by molar-refractivity contribution is 0.0523. The third-order valence-electron chi connectivity index (χ3n) is 5.29. The molecule has 37 heavy (non-hydrogen) atoms. The first-order chi connectivity index (χ1) is 17.3. The Morgan fingerprint density at radius 2 is 1.95 bits per heavy atom. The van der Waals surface area contributed by atoms with E-state index >= 15 is 0 Å². The van der Waals surface area contributed by atoms with Gasteiger partial charge in [0.05, 0.1) is 21.7 Å². The number of aromatic nitrogens is 2. The van der Waals surface area contributed by atoms with Gasteiger partial charge in [-0.3, -0.25) is 0 Å². The fraction of sp³-hybridized carbons (Fsp3) is 0.400. The van der Waals surface area contributed by atoms with Crippen LogP contribution in [-0.2, 0) is 24.8 Å². The number of carboxylic acid groups (broad SMARTS) is 1. The van der Waals surface area contributed by atoms with Crippen molar-refractivity contribution < 1.29 is 33.0 Å². The number of halogens is 3. The Labute approximate surface area is 217 Å². The van der Waals surface area contributed by atoms with Crippen molar-refractivity contribution >= 4 is 46.3 Å². The molecule has 0 unspecified atom stereocenters. The number of ether oxygens (including phenoxy) is 2. The van der Waals surface area contributed by atoms with Gasteiger partial charge in [0, 0.05) is 19.7 Å². The predicted octanol–water partition coefficient (Wildman–Crippen LogP) is 5.90. The summed E-state index contributed by atoms with van der Waals surface area (Å²) in [6.45, 7) is 6.31. The molecule has 1 aromatic heterocycles. The number of hydrogen-bond donors (Lipinski definition) is 3. The minimum absolute atomic E-state index is 0.153. The predicted molar refractivity (Wildman–Crippen MR) is 136 cm³/mol. The summed E-state index contributed by atoms with van der Waals surface area (Å²) in [5, 5.41) is 16.0. The number of carbonyl (C=O) groups excluding carboxylic acids is 1. The van der Waals surface area contributed by atoms with Crippen LogP contribution in [0.3, 0.4) is 0 Å². The first-order valence-electron chi connectivity index (χ1n) is 11.5. The number of carboxylic acids is 1. The molecule has 0 radical (unpaired) electrons. The van der Waals surface area contributed by atoms with Crippen LogP contribution in [0, 0.1) is 0 Å². The number of nitrogens with one attached hydrogen (secondary N) is 2. The maximum atomic E-state index is 12.8. The largest absolute Gasteiger partial charge is 0.487 e. The van der Waals surface area contributed by atoms with E-state index in [1.165, 1.54) is 6.07 Å². The summed E-state index contributed by atoms with van der Waals surface area (Å²) >= 11 is 6.39. The molecule has 0 bridgehead atoms. The molecule has 0 saturated carbocycles. The number of fused-ring (bicyclic) bond motifs is 1. The lowest BCUT2D eigenvalue weighted by Crippen LogP contribution is -2.32. The molecule has 0 atom stereocenters. The summed E-state index contributed by atoms with van der Waals surface area (Å²) in [5.74, 6) is -1.11. The topological polar surface area (TPSA) is 115 Å². The lowest BCUT2D eigenvalue weighted by Gasteiger charge is -2.19. The molecule has 0 aliphatic carbocycles. The molecule has 0 spiro atoms. The van der Waals surface area contributed by atoms with Gasteiger partial charge < -0.3 is 29.8 Å². The highest BCUT2D eigenvalue weighted by atomic mass is 35.5. The molecule has 0 saturated heterocycles. The van der Waals surface area contributed by atoms with Gasteiger partial charge in [-0.2, -0.15) is 0 Å². The molecule has 0 fully saturated rings. The van der Waals surface area contributed by atoms with Gasteiger partial charge in [-0.05, 0) is 50.5 Å². The molecule has 200 valence electrons. The summed E-state index contributed by atoms with van der Waals surface area (Å²) in [7, 11) is 1.69. The van der Waals surface area contributed by atoms with Gasteiger partial charge in [-0.15, -0.1) is 0 Å². The van der Waals surface area contributed by atoms with Crippen molar-refractivity contribution in [3.8, 4) is 5.75 Å². The van der Waals surface area contributed by atoms with Crippen LogP contribution in [0.25, 0.3) is 11.0 Å². The third kappa shape index (κ3) is 6.79. The van der Waals surface area contributed by atoms with Crippen molar-refractivity contribution in [2.75, 3.05) is 11.9 Å². The molecule has 1 amide bonds. The van der Waals surface area contributed by atoms with E-state index in [-0.39, 0.29) is 24.3 Å². The zero-order valence-corrected chi connectivity index (χ0v) is 21.9. The lowest BCUT2D eigenvalue weighted by atomic mass is 10.0. The van der Waals surface area contributed by atoms with Crippen molar-refractivity contribution in [2.45, 2.75) is 52.7 Å². The second-order valence-electron chi connectivity index (χ2n) is 9.25. The van der Waals surface area contributed by atoms with Crippen LogP contribution >= 0.6 is 11.6 Å². The molecule has 3 aromatic rings. The molecular weight excluding hydrogens is 510 g/mol. The first kappa shape index (κ1) is 28.0. The van der Waals surface area contributed by atoms with E-state index < -0.39 is 30.7 Å². The molecule has 9 nitrogen and oxygen atoms in total. The van der Waals surface area contributed by atoms with Crippen LogP contribution in [0.15, 0.2) is 24.3 Å². The number of aromatic carboxylic acids is 1. The number of nitrogens with zero attached hydrogens (tertiary/aromatic N) is 2. The monoisotopic (exact) mass is 538 g/mol. The minimum Gasteiger partial charge on any atom is -0.487 e. The SMILES string of the molecule is CCc1c(C(=O)O)c(OCC(F)F)cc2c1nc(Nc1cc(CNC(=O)OC(C)(C)C)ccc1Cl)n2C. The number of alkyl carbamates (subject to hydrolysis) is 1. The summed E-state index contributed by atoms with van der Waals surface area (Å²) < 4.78 is 37.6. The van der Waals surface area contributed by atoms with E-state index in [9.17, 15) is 23.5 Å². The number of rotatable bonds is 9. The average Bonchev–Trinajstić information content (AvgIpc) is 3.10. The normalized spacial score (nSPS) is 11.6. The number of benzene rings is 2. The second kappa shape index (κ2) is 11.2. The molecule has 0 aliphatic heterocycles. The van der Waals surface area contributed by atoms with Gasteiger partial charge in [0.25, 0.3) is 6.43 Å². The molecule has 0 aliphatic rings. The van der Waals surface area contributed by atoms with Crippen LogP contribution in [0.4, 0.5) is 25.2 Å². The van der Waals surface area contributed by atoms with Gasteiger partial charge in [-0.1, -0.05) is 24.6 Å². The smallest absolute Gasteiger partial charge is 0.407 e. The van der Waals surface area contributed by atoms with Gasteiger partial charge in [0.15, 0.2) is 0 Å². The highest BCUT2D eigenvalue weighted by Gasteiger charge is 2.24. The number of anilines is 2. The van der Waals surface area contributed by atoms with Crippen LogP contribution < -0.4 is 15.4 Å². The molecular formula is C25H29ClF2N4O5. The van der Waals surface area contributed by atoms with Crippen LogP contribution in [0.2, 0.25) is 5.02 Å². The van der Waals surface area contributed by atoms with Crippen molar-refractivity contribution in [1.82, 2.24) is 14.9 Å². The van der Waals surface area contributed by atoms with Crippen LogP contribution in [-0.4, -0.2) is 45.4 Å². The highest BCUT2D eigenvalue weighted by Crippen LogP contribution is 2.35. The summed E-state index contributed by atoms with van der Waals surface area (Å²) in [6, 6.07) is 6.54. The highest BCUT2D eigenvalue weighted by molar-refractivity contribution is 6.33. The van der Waals surface area contributed by atoms with Crippen molar-refractivity contribution in [1.29, 1.82) is 0 Å². The minimum atomic E-state index is -2.76. The van der Waals surface area contributed by atoms with Crippen molar-refractivity contribution in [3.05, 3.63) is 46.0 Å². The Hall–Kier alpha value is -3.60. The summed E-state index contributed by atoms with van der Waals surface area (Å²) in [4.78, 5) is 28.5. The Morgan fingerprint density at radius 1 is 1.24 bits per heavy atom. The molecule has 3 N–H and O–H groups in total. The molecule has 3 rings (SSSR count). The third-order valence-corrected chi connectivity index (χ3v) is 5.62. The standard InChI is InChI=1S/C25H29ClF2N4O5/c1-6-14-20(22(33)34)18(36-12-19(27)28)10-17-21(14)31-23(32(17)5)30-16-9-13(7-8-15(16)26)11-29-24(35)37-25(2,3)4/h7-10,19H,6,11-12H2,1-5H3,(H,29,35)(H,30,31)(H,33,34). The summed E-state index contributed by atoms with van der Waals surface area (Å²) in [5.41, 5.74) is 1.66. The number of carbonyl (C=O) groups is 2. The van der Waals surface area contributed by atoms with Crippen LogP contribution in [0.5, 0.6) is 5.75 Å². The molecule has 2 aromatic carbocycles. The number of hydrogen-bond acceptors (Lipinski definition) is 6. The van der Waals surface area contributed by atoms with Gasteiger partial charge in [0.2, 0.25) is 5.95 Å². The fourth-order valence-corrected chi connectivity index (χ4v) is 3.87. The van der Waals surface area contributed by atoms with E-state index in [0.717, 1.165) is 5.56 Å². The van der Waals surface area contributed by atoms with Crippen LogP contribution in [0.1, 0.15) is 49.2 Å². The van der Waals surface area contributed by atoms with Crippen molar-refractivity contribution in [3.63, 3.8) is 0 Å². The zero-order valence-electron chi connectivity index (χ0n) is 21.1. The Balaban J connectivity index is 1.95. The first-order valence-corrected chi connectivity index (χ1v) is 11.9. The summed E-state index contributed by atoms with van der Waals surface area (Å²) in [6.07, 6.45) is -3.03. The Bertz CT molecular complexity index is 1320. The van der Waals surface area contributed by atoms with Gasteiger partial charge in [-0.25, -0.2) is 23.4 Å². The Kier molecular flexibility index (Phi) is 8.47. The van der Waals surface area contributed by atoms with E-state index in [2.05, 4.69) is 15.6 Å². The van der Waals surface area contributed by atoms with E-state index in [0.29, 0.717) is 33.3 Å². The number of imidazole rings is 1. The van der Waals surface area contributed by atoms with E-state index in [4.69, 9.17) is 21.1 Å². The van der Waals surface area contributed by atoms with Crippen molar-refractivity contribution in [2.24, 2.45) is 7.05 Å². The van der Waals surface area contributed by atoms with E-state index in [1.807, 2.05) is 0 Å². The number of amides is 1. The molecule has 12 heteroatoms. The maximum Gasteiger partial charge on any atom is 0.407 e.